The minimum absolute atomic E-state index is 0.323. The number of ether oxygens (including phenoxy) is 1. The molecule has 0 bridgehead atoms. The number of carbonyl (C=O) groups excluding carboxylic acids is 1. The van der Waals surface area contributed by atoms with Gasteiger partial charge in [0.05, 0.1) is 24.9 Å². The molecule has 0 aliphatic rings. The number of anilines is 1. The largest absolute Gasteiger partial charge is 0.490 e. The standard InChI is InChI=1S/C24H20N6O2.2C2HF3O2/c1-32-24-19(8-6-12-26-24)27-23(31)21-20-9-3-5-13-30(20)22(28-21)17-10-14-29(15-17)16-18-7-2-4-11-25-18;2*3-2(4,5)1(6)7/h2-15H,16H2,1H3,(H,27,31);2*(H,6,7). The number of alkyl halides is 6. The summed E-state index contributed by atoms with van der Waals surface area (Å²) in [4.78, 5) is 44.1. The first-order valence-corrected chi connectivity index (χ1v) is 12.6. The summed E-state index contributed by atoms with van der Waals surface area (Å²) in [5.41, 5.74) is 3.39. The number of rotatable bonds is 6. The van der Waals surface area contributed by atoms with Gasteiger partial charge in [0.15, 0.2) is 5.69 Å². The average Bonchev–Trinajstić information content (AvgIpc) is 3.62. The zero-order chi connectivity index (χ0) is 34.1. The van der Waals surface area contributed by atoms with Crippen molar-refractivity contribution in [3.8, 4) is 17.3 Å². The second-order valence-electron chi connectivity index (χ2n) is 8.75. The number of nitrogens with zero attached hydrogens (tertiary/aromatic N) is 5. The van der Waals surface area contributed by atoms with Gasteiger partial charge in [-0.3, -0.25) is 14.2 Å². The van der Waals surface area contributed by atoms with Crippen molar-refractivity contribution >= 4 is 29.0 Å². The van der Waals surface area contributed by atoms with Crippen LogP contribution >= 0.6 is 0 Å². The molecule has 12 nitrogen and oxygen atoms in total. The molecule has 5 aromatic rings. The maximum Gasteiger partial charge on any atom is 0.490 e. The van der Waals surface area contributed by atoms with Crippen LogP contribution in [-0.4, -0.2) is 71.4 Å². The topological polar surface area (TPSA) is 161 Å². The Morgan fingerprint density at radius 3 is 2.07 bits per heavy atom. The SMILES string of the molecule is COc1ncccc1NC(=O)c1nc(-c2ccn(Cc3ccccn3)c2)n2ccccc12.O=C(O)C(F)(F)F.O=C(O)C(F)(F)F. The van der Waals surface area contributed by atoms with Crippen molar-refractivity contribution < 1.29 is 55.7 Å². The summed E-state index contributed by atoms with van der Waals surface area (Å²) in [7, 11) is 1.51. The maximum absolute atomic E-state index is 13.1. The summed E-state index contributed by atoms with van der Waals surface area (Å²) in [6.07, 6.45) is -0.899. The van der Waals surface area contributed by atoms with Crippen molar-refractivity contribution in [2.24, 2.45) is 0 Å². The van der Waals surface area contributed by atoms with E-state index in [0.717, 1.165) is 11.3 Å². The summed E-state index contributed by atoms with van der Waals surface area (Å²) in [5.74, 6) is -4.82. The van der Waals surface area contributed by atoms with E-state index < -0.39 is 24.3 Å². The first kappa shape index (κ1) is 34.5. The molecule has 0 aromatic carbocycles. The summed E-state index contributed by atoms with van der Waals surface area (Å²) in [6, 6.07) is 17.0. The van der Waals surface area contributed by atoms with E-state index in [1.165, 1.54) is 7.11 Å². The number of carbonyl (C=O) groups is 3. The highest BCUT2D eigenvalue weighted by Gasteiger charge is 2.38. The number of carboxylic acids is 2. The lowest BCUT2D eigenvalue weighted by Crippen LogP contribution is -2.21. The second-order valence-corrected chi connectivity index (χ2v) is 8.75. The average molecular weight is 653 g/mol. The molecule has 0 atom stereocenters. The minimum Gasteiger partial charge on any atom is -0.480 e. The molecular formula is C28H22F6N6O6. The zero-order valence-electron chi connectivity index (χ0n) is 23.3. The highest BCUT2D eigenvalue weighted by atomic mass is 19.4. The van der Waals surface area contributed by atoms with Gasteiger partial charge in [-0.1, -0.05) is 12.1 Å². The number of aromatic nitrogens is 5. The lowest BCUT2D eigenvalue weighted by molar-refractivity contribution is -0.193. The van der Waals surface area contributed by atoms with Crippen LogP contribution in [0.3, 0.4) is 0 Å². The highest BCUT2D eigenvalue weighted by Crippen LogP contribution is 2.26. The Morgan fingerprint density at radius 1 is 0.848 bits per heavy atom. The Morgan fingerprint density at radius 2 is 1.48 bits per heavy atom. The van der Waals surface area contributed by atoms with E-state index in [1.54, 1.807) is 24.5 Å². The molecule has 5 rings (SSSR count). The molecule has 0 fully saturated rings. The van der Waals surface area contributed by atoms with Gasteiger partial charge in [-0.05, 0) is 42.5 Å². The summed E-state index contributed by atoms with van der Waals surface area (Å²) >= 11 is 0. The minimum atomic E-state index is -5.08. The first-order chi connectivity index (χ1) is 21.6. The van der Waals surface area contributed by atoms with Crippen molar-refractivity contribution in [2.45, 2.75) is 18.9 Å². The van der Waals surface area contributed by atoms with E-state index in [-0.39, 0.29) is 5.91 Å². The van der Waals surface area contributed by atoms with Gasteiger partial charge in [-0.25, -0.2) is 19.6 Å². The third-order valence-corrected chi connectivity index (χ3v) is 5.54. The van der Waals surface area contributed by atoms with Crippen molar-refractivity contribution in [1.82, 2.24) is 23.9 Å². The first-order valence-electron chi connectivity index (χ1n) is 12.6. The molecule has 5 heterocycles. The van der Waals surface area contributed by atoms with Crippen molar-refractivity contribution in [3.05, 3.63) is 97.0 Å². The van der Waals surface area contributed by atoms with Crippen LogP contribution in [0.15, 0.2) is 85.6 Å². The van der Waals surface area contributed by atoms with Crippen LogP contribution in [-0.2, 0) is 16.1 Å². The Kier molecular flexibility index (Phi) is 11.0. The molecule has 0 aliphatic heterocycles. The Balaban J connectivity index is 0.000000345. The van der Waals surface area contributed by atoms with E-state index in [1.807, 2.05) is 70.0 Å². The number of amides is 1. The van der Waals surface area contributed by atoms with Crippen molar-refractivity contribution in [1.29, 1.82) is 0 Å². The van der Waals surface area contributed by atoms with Gasteiger partial charge >= 0.3 is 24.3 Å². The van der Waals surface area contributed by atoms with E-state index in [4.69, 9.17) is 29.5 Å². The number of hydrogen-bond donors (Lipinski definition) is 3. The van der Waals surface area contributed by atoms with Gasteiger partial charge in [-0.15, -0.1) is 0 Å². The number of fused-ring (bicyclic) bond motifs is 1. The normalized spacial score (nSPS) is 11.0. The number of carboxylic acid groups (broad SMARTS) is 2. The molecule has 3 N–H and O–H groups in total. The Hall–Kier alpha value is -5.94. The summed E-state index contributed by atoms with van der Waals surface area (Å²) < 4.78 is 72.7. The highest BCUT2D eigenvalue weighted by molar-refractivity contribution is 6.08. The quantitative estimate of drug-likeness (QED) is 0.210. The molecule has 0 saturated carbocycles. The molecular weight excluding hydrogens is 630 g/mol. The predicted molar refractivity (Wildman–Crippen MR) is 148 cm³/mol. The molecule has 18 heteroatoms. The Bertz CT molecular complexity index is 1780. The van der Waals surface area contributed by atoms with Crippen LogP contribution in [0, 0.1) is 0 Å². The number of hydrogen-bond acceptors (Lipinski definition) is 7. The van der Waals surface area contributed by atoms with Crippen LogP contribution in [0.5, 0.6) is 5.88 Å². The smallest absolute Gasteiger partial charge is 0.480 e. The number of aliphatic carboxylic acids is 2. The van der Waals surface area contributed by atoms with Gasteiger partial charge in [-0.2, -0.15) is 26.3 Å². The van der Waals surface area contributed by atoms with Crippen LogP contribution in [0.25, 0.3) is 16.9 Å². The zero-order valence-corrected chi connectivity index (χ0v) is 23.3. The number of nitrogens with one attached hydrogen (secondary N) is 1. The lowest BCUT2D eigenvalue weighted by Gasteiger charge is -2.07. The van der Waals surface area contributed by atoms with E-state index in [2.05, 4.69) is 15.3 Å². The fraction of sp³-hybridized carbons (Fsp3) is 0.143. The maximum atomic E-state index is 13.1. The molecule has 0 spiro atoms. The van der Waals surface area contributed by atoms with Crippen LogP contribution in [0.4, 0.5) is 32.0 Å². The number of halogens is 6. The molecule has 0 radical (unpaired) electrons. The number of pyridine rings is 3. The van der Waals surface area contributed by atoms with Crippen LogP contribution in [0.2, 0.25) is 0 Å². The van der Waals surface area contributed by atoms with Gasteiger partial charge in [0.25, 0.3) is 5.91 Å². The molecule has 0 unspecified atom stereocenters. The van der Waals surface area contributed by atoms with Crippen LogP contribution in [0.1, 0.15) is 16.2 Å². The fourth-order valence-electron chi connectivity index (χ4n) is 3.59. The van der Waals surface area contributed by atoms with E-state index in [9.17, 15) is 31.1 Å². The predicted octanol–water partition coefficient (Wildman–Crippen LogP) is 5.17. The van der Waals surface area contributed by atoms with Crippen LogP contribution < -0.4 is 10.1 Å². The molecule has 0 aliphatic carbocycles. The van der Waals surface area contributed by atoms with E-state index in [0.29, 0.717) is 35.1 Å². The lowest BCUT2D eigenvalue weighted by atomic mass is 10.3. The summed E-state index contributed by atoms with van der Waals surface area (Å²) in [6.45, 7) is 0.651. The summed E-state index contributed by atoms with van der Waals surface area (Å²) in [5, 5.41) is 17.1. The Labute approximate surface area is 254 Å². The molecule has 5 aromatic heterocycles. The molecule has 242 valence electrons. The van der Waals surface area contributed by atoms with Gasteiger partial charge in [0.2, 0.25) is 5.88 Å². The van der Waals surface area contributed by atoms with E-state index >= 15 is 0 Å². The van der Waals surface area contributed by atoms with Crippen molar-refractivity contribution in [3.63, 3.8) is 0 Å². The second kappa shape index (κ2) is 14.7. The van der Waals surface area contributed by atoms with Gasteiger partial charge < -0.3 is 24.8 Å². The van der Waals surface area contributed by atoms with Gasteiger partial charge in [0.1, 0.15) is 11.5 Å². The third-order valence-electron chi connectivity index (χ3n) is 5.54. The monoisotopic (exact) mass is 652 g/mol. The fourth-order valence-corrected chi connectivity index (χ4v) is 3.59. The molecule has 0 saturated heterocycles. The number of methoxy groups -OCH3 is 1. The van der Waals surface area contributed by atoms with Crippen molar-refractivity contribution in [2.75, 3.05) is 12.4 Å². The molecule has 46 heavy (non-hydrogen) atoms. The number of imidazole rings is 1. The molecule has 1 amide bonds. The van der Waals surface area contributed by atoms with Gasteiger partial charge in [0, 0.05) is 36.5 Å². The third kappa shape index (κ3) is 9.28.